The first-order valence-electron chi connectivity index (χ1n) is 4.70. The summed E-state index contributed by atoms with van der Waals surface area (Å²) in [7, 11) is 0. The van der Waals surface area contributed by atoms with Crippen LogP contribution in [0, 0.1) is 5.95 Å². The van der Waals surface area contributed by atoms with Crippen molar-refractivity contribution >= 4 is 5.91 Å². The molecule has 2 N–H and O–H groups in total. The molecule has 16 heavy (non-hydrogen) atoms. The highest BCUT2D eigenvalue weighted by Crippen LogP contribution is 2.21. The maximum Gasteiger partial charge on any atom is 0.250 e. The molecule has 0 spiro atoms. The maximum absolute atomic E-state index is 13.0. The Morgan fingerprint density at radius 3 is 2.44 bits per heavy atom. The third-order valence-corrected chi connectivity index (χ3v) is 2.17. The van der Waals surface area contributed by atoms with Crippen molar-refractivity contribution in [2.24, 2.45) is 5.73 Å². The summed E-state index contributed by atoms with van der Waals surface area (Å²) < 4.78 is 13.0. The summed E-state index contributed by atoms with van der Waals surface area (Å²) in [6, 6.07) is 11.3. The van der Waals surface area contributed by atoms with Gasteiger partial charge < -0.3 is 5.73 Å². The van der Waals surface area contributed by atoms with Crippen molar-refractivity contribution in [2.45, 2.75) is 0 Å². The minimum absolute atomic E-state index is 0.215. The number of aromatic nitrogens is 1. The lowest BCUT2D eigenvalue weighted by Gasteiger charge is -2.05. The molecule has 0 saturated heterocycles. The van der Waals surface area contributed by atoms with Gasteiger partial charge in [-0.2, -0.15) is 4.39 Å². The molecule has 0 aliphatic rings. The SMILES string of the molecule is NC(=O)c1ccc(F)nc1-c1ccccc1. The zero-order chi connectivity index (χ0) is 11.5. The smallest absolute Gasteiger partial charge is 0.250 e. The summed E-state index contributed by atoms with van der Waals surface area (Å²) in [6.45, 7) is 0. The number of hydrogen-bond donors (Lipinski definition) is 1. The minimum atomic E-state index is -0.635. The summed E-state index contributed by atoms with van der Waals surface area (Å²) in [4.78, 5) is 14.9. The van der Waals surface area contributed by atoms with Gasteiger partial charge in [0.1, 0.15) is 0 Å². The van der Waals surface area contributed by atoms with Crippen LogP contribution in [-0.4, -0.2) is 10.9 Å². The van der Waals surface area contributed by atoms with Gasteiger partial charge in [0.05, 0.1) is 11.3 Å². The van der Waals surface area contributed by atoms with E-state index < -0.39 is 11.9 Å². The average Bonchev–Trinajstić information content (AvgIpc) is 2.29. The van der Waals surface area contributed by atoms with Gasteiger partial charge in [0.25, 0.3) is 5.91 Å². The molecule has 1 heterocycles. The summed E-state index contributed by atoms with van der Waals surface area (Å²) >= 11 is 0. The highest BCUT2D eigenvalue weighted by Gasteiger charge is 2.12. The molecule has 4 heteroatoms. The van der Waals surface area contributed by atoms with Crippen molar-refractivity contribution in [3.8, 4) is 11.3 Å². The van der Waals surface area contributed by atoms with Crippen LogP contribution in [0.1, 0.15) is 10.4 Å². The summed E-state index contributed by atoms with van der Waals surface area (Å²) in [6.07, 6.45) is 0. The average molecular weight is 216 g/mol. The summed E-state index contributed by atoms with van der Waals surface area (Å²) in [5.74, 6) is -1.25. The predicted molar refractivity (Wildman–Crippen MR) is 58.1 cm³/mol. The van der Waals surface area contributed by atoms with Crippen LogP contribution in [0.15, 0.2) is 42.5 Å². The fourth-order valence-corrected chi connectivity index (χ4v) is 1.45. The summed E-state index contributed by atoms with van der Waals surface area (Å²) in [5.41, 5.74) is 6.35. The highest BCUT2D eigenvalue weighted by atomic mass is 19.1. The van der Waals surface area contributed by atoms with Gasteiger partial charge in [0, 0.05) is 5.56 Å². The topological polar surface area (TPSA) is 56.0 Å². The number of halogens is 1. The first kappa shape index (κ1) is 10.3. The quantitative estimate of drug-likeness (QED) is 0.780. The van der Waals surface area contributed by atoms with Crippen LogP contribution in [0.25, 0.3) is 11.3 Å². The molecule has 1 aromatic carbocycles. The summed E-state index contributed by atoms with van der Waals surface area (Å²) in [5, 5.41) is 0. The fourth-order valence-electron chi connectivity index (χ4n) is 1.45. The molecule has 0 fully saturated rings. The lowest BCUT2D eigenvalue weighted by atomic mass is 10.1. The second kappa shape index (κ2) is 4.10. The van der Waals surface area contributed by atoms with E-state index in [4.69, 9.17) is 5.73 Å². The molecule has 1 amide bonds. The van der Waals surface area contributed by atoms with Crippen LogP contribution in [0.5, 0.6) is 0 Å². The number of hydrogen-bond acceptors (Lipinski definition) is 2. The van der Waals surface area contributed by atoms with Gasteiger partial charge in [-0.15, -0.1) is 0 Å². The Morgan fingerprint density at radius 2 is 1.81 bits per heavy atom. The van der Waals surface area contributed by atoms with Gasteiger partial charge >= 0.3 is 0 Å². The molecule has 0 aliphatic carbocycles. The largest absolute Gasteiger partial charge is 0.366 e. The number of pyridine rings is 1. The van der Waals surface area contributed by atoms with Gasteiger partial charge in [-0.1, -0.05) is 30.3 Å². The highest BCUT2D eigenvalue weighted by molar-refractivity contribution is 5.98. The molecule has 2 aromatic rings. The van der Waals surface area contributed by atoms with Crippen molar-refractivity contribution in [1.82, 2.24) is 4.98 Å². The molecule has 2 rings (SSSR count). The van der Waals surface area contributed by atoms with Crippen LogP contribution in [0.4, 0.5) is 4.39 Å². The zero-order valence-electron chi connectivity index (χ0n) is 8.35. The van der Waals surface area contributed by atoms with Crippen molar-refractivity contribution < 1.29 is 9.18 Å². The molecule has 80 valence electrons. The number of nitrogens with zero attached hydrogens (tertiary/aromatic N) is 1. The Kier molecular flexibility index (Phi) is 2.64. The number of amides is 1. The number of nitrogens with two attached hydrogens (primary N) is 1. The van der Waals surface area contributed by atoms with E-state index in [2.05, 4.69) is 4.98 Å². The van der Waals surface area contributed by atoms with Crippen molar-refractivity contribution in [3.05, 3.63) is 54.0 Å². The third kappa shape index (κ3) is 1.91. The first-order chi connectivity index (χ1) is 7.68. The van der Waals surface area contributed by atoms with E-state index in [-0.39, 0.29) is 11.3 Å². The molecule has 0 bridgehead atoms. The molecular weight excluding hydrogens is 207 g/mol. The van der Waals surface area contributed by atoms with Gasteiger partial charge in [-0.3, -0.25) is 4.79 Å². The number of benzene rings is 1. The molecule has 0 radical (unpaired) electrons. The van der Waals surface area contributed by atoms with Gasteiger partial charge in [0.2, 0.25) is 5.95 Å². The van der Waals surface area contributed by atoms with E-state index in [0.29, 0.717) is 5.56 Å². The number of rotatable bonds is 2. The first-order valence-corrected chi connectivity index (χ1v) is 4.70. The Hall–Kier alpha value is -2.23. The van der Waals surface area contributed by atoms with Crippen LogP contribution >= 0.6 is 0 Å². The van der Waals surface area contributed by atoms with Crippen molar-refractivity contribution in [3.63, 3.8) is 0 Å². The van der Waals surface area contributed by atoms with Crippen LogP contribution in [0.3, 0.4) is 0 Å². The van der Waals surface area contributed by atoms with E-state index >= 15 is 0 Å². The second-order valence-corrected chi connectivity index (χ2v) is 3.26. The van der Waals surface area contributed by atoms with E-state index in [9.17, 15) is 9.18 Å². The van der Waals surface area contributed by atoms with Gasteiger partial charge in [-0.05, 0) is 12.1 Å². The molecular formula is C12H9FN2O. The number of primary amides is 1. The van der Waals surface area contributed by atoms with Crippen LogP contribution in [-0.2, 0) is 0 Å². The van der Waals surface area contributed by atoms with Crippen molar-refractivity contribution in [1.29, 1.82) is 0 Å². The van der Waals surface area contributed by atoms with Crippen molar-refractivity contribution in [2.75, 3.05) is 0 Å². The molecule has 0 atom stereocenters. The van der Waals surface area contributed by atoms with E-state index in [1.54, 1.807) is 24.3 Å². The van der Waals surface area contributed by atoms with Gasteiger partial charge in [0.15, 0.2) is 0 Å². The molecule has 0 saturated carbocycles. The monoisotopic (exact) mass is 216 g/mol. The zero-order valence-corrected chi connectivity index (χ0v) is 8.35. The number of carbonyl (C=O) groups excluding carboxylic acids is 1. The molecule has 0 aliphatic heterocycles. The fraction of sp³-hybridized carbons (Fsp3) is 0. The molecule has 3 nitrogen and oxygen atoms in total. The lowest BCUT2D eigenvalue weighted by Crippen LogP contribution is -2.13. The third-order valence-electron chi connectivity index (χ3n) is 2.17. The Balaban J connectivity index is 2.63. The van der Waals surface area contributed by atoms with E-state index in [0.717, 1.165) is 6.07 Å². The van der Waals surface area contributed by atoms with E-state index in [1.165, 1.54) is 6.07 Å². The number of carbonyl (C=O) groups is 1. The minimum Gasteiger partial charge on any atom is -0.366 e. The van der Waals surface area contributed by atoms with Gasteiger partial charge in [-0.25, -0.2) is 4.98 Å². The molecule has 0 unspecified atom stereocenters. The normalized spacial score (nSPS) is 10.1. The standard InChI is InChI=1S/C12H9FN2O/c13-10-7-6-9(12(14)16)11(15-10)8-4-2-1-3-5-8/h1-7H,(H2,14,16). The van der Waals surface area contributed by atoms with E-state index in [1.807, 2.05) is 6.07 Å². The maximum atomic E-state index is 13.0. The Morgan fingerprint density at radius 1 is 1.12 bits per heavy atom. The second-order valence-electron chi connectivity index (χ2n) is 3.26. The van der Waals surface area contributed by atoms with Crippen LogP contribution in [0.2, 0.25) is 0 Å². The lowest BCUT2D eigenvalue weighted by molar-refractivity contribution is 0.100. The molecule has 1 aromatic heterocycles. The Labute approximate surface area is 91.7 Å². The predicted octanol–water partition coefficient (Wildman–Crippen LogP) is 1.99. The van der Waals surface area contributed by atoms with Crippen LogP contribution < -0.4 is 5.73 Å². The Bertz CT molecular complexity index is 526.